The van der Waals surface area contributed by atoms with Gasteiger partial charge in [-0.1, -0.05) is 54.2 Å². The monoisotopic (exact) mass is 348 g/mol. The van der Waals surface area contributed by atoms with Crippen molar-refractivity contribution in [2.45, 2.75) is 9.92 Å². The molecular weight excluding hydrogens is 336 g/mol. The first-order valence-corrected chi connectivity index (χ1v) is 8.35. The van der Waals surface area contributed by atoms with E-state index in [1.54, 1.807) is 24.4 Å². The quantitative estimate of drug-likeness (QED) is 0.402. The Bertz CT molecular complexity index is 1060. The smallest absolute Gasteiger partial charge is 0.278 e. The van der Waals surface area contributed by atoms with Gasteiger partial charge in [0.15, 0.2) is 0 Å². The number of benzene rings is 2. The molecule has 0 aliphatic rings. The average Bonchev–Trinajstić information content (AvgIpc) is 3.01. The fraction of sp³-hybridized carbons (Fsp3) is 0. The number of hydrogen-bond acceptors (Lipinski definition) is 5. The minimum atomic E-state index is -0.369. The molecule has 0 aliphatic heterocycles. The summed E-state index contributed by atoms with van der Waals surface area (Å²) in [4.78, 5) is 20.4. The van der Waals surface area contributed by atoms with Gasteiger partial charge >= 0.3 is 0 Å². The number of para-hydroxylation sites is 1. The summed E-state index contributed by atoms with van der Waals surface area (Å²) in [6.07, 6.45) is 3.54. The van der Waals surface area contributed by atoms with Crippen molar-refractivity contribution in [2.24, 2.45) is 0 Å². The van der Waals surface area contributed by atoms with Gasteiger partial charge in [0, 0.05) is 24.0 Å². The molecule has 6 nitrogen and oxygen atoms in total. The lowest BCUT2D eigenvalue weighted by atomic mass is 10.2. The molecule has 0 amide bonds. The SMILES string of the molecule is O=[N+]([O-])c1ccccc1Sc1c(-c2ccccc2)nc2ncccn12. The highest BCUT2D eigenvalue weighted by Crippen LogP contribution is 2.39. The van der Waals surface area contributed by atoms with Gasteiger partial charge in [0.25, 0.3) is 5.69 Å². The Balaban J connectivity index is 1.91. The van der Waals surface area contributed by atoms with E-state index in [-0.39, 0.29) is 10.6 Å². The third kappa shape index (κ3) is 2.85. The maximum atomic E-state index is 11.3. The van der Waals surface area contributed by atoms with Gasteiger partial charge in [-0.25, -0.2) is 9.97 Å². The van der Waals surface area contributed by atoms with Crippen molar-refractivity contribution in [2.75, 3.05) is 0 Å². The first kappa shape index (κ1) is 15.3. The van der Waals surface area contributed by atoms with E-state index in [1.807, 2.05) is 47.0 Å². The van der Waals surface area contributed by atoms with Crippen LogP contribution >= 0.6 is 11.8 Å². The average molecular weight is 348 g/mol. The molecule has 0 atom stereocenters. The van der Waals surface area contributed by atoms with Gasteiger partial charge < -0.3 is 0 Å². The first-order chi connectivity index (χ1) is 12.2. The van der Waals surface area contributed by atoms with Crippen molar-refractivity contribution in [3.63, 3.8) is 0 Å². The molecule has 0 aliphatic carbocycles. The number of nitro benzene ring substituents is 1. The van der Waals surface area contributed by atoms with Crippen LogP contribution in [-0.2, 0) is 0 Å². The molecule has 0 unspecified atom stereocenters. The lowest BCUT2D eigenvalue weighted by Crippen LogP contribution is -1.92. The van der Waals surface area contributed by atoms with Crippen LogP contribution in [0.5, 0.6) is 0 Å². The van der Waals surface area contributed by atoms with Crippen molar-refractivity contribution in [1.82, 2.24) is 14.4 Å². The van der Waals surface area contributed by atoms with Gasteiger partial charge in [-0.05, 0) is 12.1 Å². The molecule has 2 aromatic heterocycles. The van der Waals surface area contributed by atoms with E-state index in [1.165, 1.54) is 17.8 Å². The molecule has 4 rings (SSSR count). The number of fused-ring (bicyclic) bond motifs is 1. The normalized spacial score (nSPS) is 10.9. The Hall–Kier alpha value is -3.19. The van der Waals surface area contributed by atoms with Crippen LogP contribution in [0.25, 0.3) is 17.0 Å². The highest BCUT2D eigenvalue weighted by molar-refractivity contribution is 7.99. The third-order valence-electron chi connectivity index (χ3n) is 3.68. The maximum absolute atomic E-state index is 11.3. The highest BCUT2D eigenvalue weighted by Gasteiger charge is 2.20. The number of imidazole rings is 1. The van der Waals surface area contributed by atoms with E-state index >= 15 is 0 Å². The molecule has 0 saturated carbocycles. The second kappa shape index (κ2) is 6.37. The first-order valence-electron chi connectivity index (χ1n) is 7.54. The molecule has 2 aromatic carbocycles. The molecule has 0 N–H and O–H groups in total. The van der Waals surface area contributed by atoms with E-state index in [0.717, 1.165) is 16.3 Å². The fourth-order valence-corrected chi connectivity index (χ4v) is 3.65. The van der Waals surface area contributed by atoms with Crippen molar-refractivity contribution in [3.05, 3.63) is 83.2 Å². The highest BCUT2D eigenvalue weighted by atomic mass is 32.2. The van der Waals surface area contributed by atoms with E-state index in [9.17, 15) is 10.1 Å². The summed E-state index contributed by atoms with van der Waals surface area (Å²) in [7, 11) is 0. The lowest BCUT2D eigenvalue weighted by molar-refractivity contribution is -0.387. The van der Waals surface area contributed by atoms with Gasteiger partial charge in [0.2, 0.25) is 5.78 Å². The van der Waals surface area contributed by atoms with Crippen LogP contribution in [0.1, 0.15) is 0 Å². The maximum Gasteiger partial charge on any atom is 0.283 e. The Labute approximate surface area is 147 Å². The largest absolute Gasteiger partial charge is 0.283 e. The molecule has 0 bridgehead atoms. The summed E-state index contributed by atoms with van der Waals surface area (Å²) in [6, 6.07) is 18.3. The van der Waals surface area contributed by atoms with Gasteiger partial charge in [0.1, 0.15) is 10.7 Å². The van der Waals surface area contributed by atoms with E-state index < -0.39 is 0 Å². The number of nitrogens with zero attached hydrogens (tertiary/aromatic N) is 4. The summed E-state index contributed by atoms with van der Waals surface area (Å²) in [5.41, 5.74) is 1.77. The summed E-state index contributed by atoms with van der Waals surface area (Å²) >= 11 is 1.32. The van der Waals surface area contributed by atoms with Crippen molar-refractivity contribution in [3.8, 4) is 11.3 Å². The fourth-order valence-electron chi connectivity index (χ4n) is 2.55. The van der Waals surface area contributed by atoms with Crippen molar-refractivity contribution in [1.29, 1.82) is 0 Å². The number of aromatic nitrogens is 3. The number of nitro groups is 1. The summed E-state index contributed by atoms with van der Waals surface area (Å²) in [6.45, 7) is 0. The Morgan fingerprint density at radius 3 is 2.56 bits per heavy atom. The van der Waals surface area contributed by atoms with Gasteiger partial charge in [-0.3, -0.25) is 14.5 Å². The predicted molar refractivity (Wildman–Crippen MR) is 95.6 cm³/mol. The molecule has 4 aromatic rings. The standard InChI is InChI=1S/C18H12N4O2S/c23-22(24)14-9-4-5-10-15(14)25-17-16(13-7-2-1-3-8-13)20-18-19-11-6-12-21(17)18/h1-12H. The van der Waals surface area contributed by atoms with Gasteiger partial charge in [-0.2, -0.15) is 0 Å². The van der Waals surface area contributed by atoms with Crippen LogP contribution in [0.15, 0.2) is 83.0 Å². The van der Waals surface area contributed by atoms with Crippen LogP contribution in [-0.4, -0.2) is 19.3 Å². The summed E-state index contributed by atoms with van der Waals surface area (Å²) in [5, 5.41) is 12.1. The minimum Gasteiger partial charge on any atom is -0.278 e. The molecule has 25 heavy (non-hydrogen) atoms. The second-order valence-electron chi connectivity index (χ2n) is 5.25. The minimum absolute atomic E-state index is 0.0744. The zero-order valence-corrected chi connectivity index (χ0v) is 13.8. The van der Waals surface area contributed by atoms with Gasteiger partial charge in [0.05, 0.1) is 9.82 Å². The third-order valence-corrected chi connectivity index (χ3v) is 4.82. The van der Waals surface area contributed by atoms with Crippen LogP contribution < -0.4 is 0 Å². The van der Waals surface area contributed by atoms with Gasteiger partial charge in [-0.15, -0.1) is 0 Å². The van der Waals surface area contributed by atoms with E-state index in [2.05, 4.69) is 9.97 Å². The zero-order chi connectivity index (χ0) is 17.2. The summed E-state index contributed by atoms with van der Waals surface area (Å²) in [5.74, 6) is 0.558. The number of rotatable bonds is 4. The molecule has 7 heteroatoms. The Kier molecular flexibility index (Phi) is 3.91. The molecule has 0 fully saturated rings. The predicted octanol–water partition coefficient (Wildman–Crippen LogP) is 4.46. The zero-order valence-electron chi connectivity index (χ0n) is 12.9. The Morgan fingerprint density at radius 2 is 1.76 bits per heavy atom. The van der Waals surface area contributed by atoms with Crippen LogP contribution in [0.4, 0.5) is 5.69 Å². The molecule has 0 saturated heterocycles. The van der Waals surface area contributed by atoms with Crippen LogP contribution in [0.3, 0.4) is 0 Å². The molecule has 122 valence electrons. The van der Waals surface area contributed by atoms with Crippen LogP contribution in [0, 0.1) is 10.1 Å². The molecule has 2 heterocycles. The lowest BCUT2D eigenvalue weighted by Gasteiger charge is -2.05. The number of hydrogen-bond donors (Lipinski definition) is 0. The van der Waals surface area contributed by atoms with E-state index in [4.69, 9.17) is 0 Å². The molecule has 0 radical (unpaired) electrons. The van der Waals surface area contributed by atoms with E-state index in [0.29, 0.717) is 10.7 Å². The molecular formula is C18H12N4O2S. The summed E-state index contributed by atoms with van der Waals surface area (Å²) < 4.78 is 1.85. The Morgan fingerprint density at radius 1 is 1.00 bits per heavy atom. The molecule has 0 spiro atoms. The van der Waals surface area contributed by atoms with Crippen LogP contribution in [0.2, 0.25) is 0 Å². The van der Waals surface area contributed by atoms with Crippen molar-refractivity contribution < 1.29 is 4.92 Å². The topological polar surface area (TPSA) is 73.3 Å². The van der Waals surface area contributed by atoms with Crippen molar-refractivity contribution >= 4 is 23.2 Å². The second-order valence-corrected chi connectivity index (χ2v) is 6.28.